The van der Waals surface area contributed by atoms with Gasteiger partial charge in [-0.15, -0.1) is 10.2 Å². The van der Waals surface area contributed by atoms with Gasteiger partial charge in [0.25, 0.3) is 0 Å². The van der Waals surface area contributed by atoms with Crippen molar-refractivity contribution >= 4 is 17.7 Å². The Balaban J connectivity index is 1.55. The van der Waals surface area contributed by atoms with Crippen molar-refractivity contribution in [1.82, 2.24) is 20.1 Å². The standard InChI is InChI=1S/C22H24N4O4S/c1-15(12-28-2)23-20(27)13-31-22-25-24-21(17-6-4-3-5-7-17)26(22)11-16-8-9-18-19(10-16)30-14-29-18/h3-10,15H,11-14H2,1-2H3,(H,23,27)/t15-/m1/s1. The molecular formula is C22H24N4O4S. The Morgan fingerprint density at radius 3 is 2.81 bits per heavy atom. The summed E-state index contributed by atoms with van der Waals surface area (Å²) in [4.78, 5) is 12.3. The number of ether oxygens (including phenoxy) is 3. The molecule has 0 spiro atoms. The maximum absolute atomic E-state index is 12.3. The van der Waals surface area contributed by atoms with Crippen LogP contribution >= 0.6 is 11.8 Å². The lowest BCUT2D eigenvalue weighted by Crippen LogP contribution is -2.36. The van der Waals surface area contributed by atoms with Gasteiger partial charge in [-0.3, -0.25) is 9.36 Å². The Morgan fingerprint density at radius 2 is 2.00 bits per heavy atom. The molecule has 9 heteroatoms. The third kappa shape index (κ3) is 5.18. The Morgan fingerprint density at radius 1 is 1.19 bits per heavy atom. The average Bonchev–Trinajstić information content (AvgIpc) is 3.39. The molecule has 1 aromatic heterocycles. The smallest absolute Gasteiger partial charge is 0.231 e. The van der Waals surface area contributed by atoms with Crippen molar-refractivity contribution < 1.29 is 19.0 Å². The van der Waals surface area contributed by atoms with Crippen molar-refractivity contribution in [1.29, 1.82) is 0 Å². The largest absolute Gasteiger partial charge is 0.454 e. The molecule has 1 atom stereocenters. The van der Waals surface area contributed by atoms with Gasteiger partial charge in [-0.2, -0.15) is 0 Å². The summed E-state index contributed by atoms with van der Waals surface area (Å²) in [5.41, 5.74) is 1.99. The summed E-state index contributed by atoms with van der Waals surface area (Å²) in [6, 6.07) is 15.7. The fraction of sp³-hybridized carbons (Fsp3) is 0.318. The minimum absolute atomic E-state index is 0.0514. The van der Waals surface area contributed by atoms with Crippen LogP contribution in [0.3, 0.4) is 0 Å². The van der Waals surface area contributed by atoms with Gasteiger partial charge >= 0.3 is 0 Å². The van der Waals surface area contributed by atoms with E-state index in [0.717, 1.165) is 28.5 Å². The third-order valence-corrected chi connectivity index (χ3v) is 5.65. The van der Waals surface area contributed by atoms with E-state index in [0.29, 0.717) is 18.3 Å². The van der Waals surface area contributed by atoms with Crippen LogP contribution in [0.4, 0.5) is 0 Å². The lowest BCUT2D eigenvalue weighted by atomic mass is 10.2. The molecule has 1 N–H and O–H groups in total. The molecule has 1 aliphatic rings. The van der Waals surface area contributed by atoms with Crippen LogP contribution in [0.2, 0.25) is 0 Å². The van der Waals surface area contributed by atoms with Gasteiger partial charge in [0.1, 0.15) is 0 Å². The number of nitrogens with one attached hydrogen (secondary N) is 1. The highest BCUT2D eigenvalue weighted by Gasteiger charge is 2.19. The fourth-order valence-corrected chi connectivity index (χ4v) is 4.05. The number of benzene rings is 2. The molecule has 0 saturated heterocycles. The molecule has 0 saturated carbocycles. The zero-order chi connectivity index (χ0) is 21.6. The molecule has 162 valence electrons. The maximum atomic E-state index is 12.3. The summed E-state index contributed by atoms with van der Waals surface area (Å²) in [6.07, 6.45) is 0. The molecule has 0 radical (unpaired) electrons. The quantitative estimate of drug-likeness (QED) is 0.512. The predicted octanol–water partition coefficient (Wildman–Crippen LogP) is 2.97. The lowest BCUT2D eigenvalue weighted by Gasteiger charge is -2.13. The Hall–Kier alpha value is -3.04. The first-order valence-corrected chi connectivity index (χ1v) is 10.9. The van der Waals surface area contributed by atoms with Crippen molar-refractivity contribution in [3.8, 4) is 22.9 Å². The minimum atomic E-state index is -0.0755. The number of nitrogens with zero attached hydrogens (tertiary/aromatic N) is 3. The van der Waals surface area contributed by atoms with Crippen LogP contribution in [0.1, 0.15) is 12.5 Å². The summed E-state index contributed by atoms with van der Waals surface area (Å²) in [7, 11) is 1.61. The summed E-state index contributed by atoms with van der Waals surface area (Å²) < 4.78 is 18.0. The number of carbonyl (C=O) groups excluding carboxylic acids is 1. The fourth-order valence-electron chi connectivity index (χ4n) is 3.30. The van der Waals surface area contributed by atoms with Gasteiger partial charge in [-0.05, 0) is 24.6 Å². The van der Waals surface area contributed by atoms with Crippen LogP contribution in [0.5, 0.6) is 11.5 Å². The van der Waals surface area contributed by atoms with E-state index in [-0.39, 0.29) is 24.5 Å². The number of thioether (sulfide) groups is 1. The molecule has 3 aromatic rings. The van der Waals surface area contributed by atoms with E-state index in [9.17, 15) is 4.79 Å². The summed E-state index contributed by atoms with van der Waals surface area (Å²) in [6.45, 7) is 3.15. The Labute approximate surface area is 184 Å². The second-order valence-electron chi connectivity index (χ2n) is 7.16. The Bertz CT molecular complexity index is 1040. The van der Waals surface area contributed by atoms with E-state index in [2.05, 4.69) is 15.5 Å². The second kappa shape index (κ2) is 9.84. The summed E-state index contributed by atoms with van der Waals surface area (Å²) in [5.74, 6) is 2.38. The summed E-state index contributed by atoms with van der Waals surface area (Å²) in [5, 5.41) is 12.4. The van der Waals surface area contributed by atoms with Crippen LogP contribution in [-0.2, 0) is 16.1 Å². The van der Waals surface area contributed by atoms with E-state index >= 15 is 0 Å². The number of methoxy groups -OCH3 is 1. The van der Waals surface area contributed by atoms with Crippen LogP contribution < -0.4 is 14.8 Å². The first-order chi connectivity index (χ1) is 15.1. The van der Waals surface area contributed by atoms with Crippen molar-refractivity contribution in [2.75, 3.05) is 26.3 Å². The van der Waals surface area contributed by atoms with Crippen molar-refractivity contribution in [3.63, 3.8) is 0 Å². The van der Waals surface area contributed by atoms with Gasteiger partial charge in [-0.25, -0.2) is 0 Å². The van der Waals surface area contributed by atoms with Crippen LogP contribution in [0, 0.1) is 0 Å². The minimum Gasteiger partial charge on any atom is -0.454 e. The normalized spacial score (nSPS) is 13.2. The molecule has 0 bridgehead atoms. The predicted molar refractivity (Wildman–Crippen MR) is 117 cm³/mol. The van der Waals surface area contributed by atoms with Gasteiger partial charge in [0.05, 0.1) is 18.9 Å². The van der Waals surface area contributed by atoms with Crippen LogP contribution in [0.25, 0.3) is 11.4 Å². The lowest BCUT2D eigenvalue weighted by molar-refractivity contribution is -0.119. The third-order valence-electron chi connectivity index (χ3n) is 4.68. The summed E-state index contributed by atoms with van der Waals surface area (Å²) >= 11 is 1.36. The molecule has 0 fully saturated rings. The molecule has 2 heterocycles. The van der Waals surface area contributed by atoms with Crippen molar-refractivity contribution in [3.05, 3.63) is 54.1 Å². The highest BCUT2D eigenvalue weighted by Crippen LogP contribution is 2.33. The number of fused-ring (bicyclic) bond motifs is 1. The number of hydrogen-bond acceptors (Lipinski definition) is 7. The van der Waals surface area contributed by atoms with E-state index in [1.165, 1.54) is 11.8 Å². The second-order valence-corrected chi connectivity index (χ2v) is 8.10. The molecule has 0 unspecified atom stereocenters. The molecule has 31 heavy (non-hydrogen) atoms. The van der Waals surface area contributed by atoms with E-state index in [4.69, 9.17) is 14.2 Å². The average molecular weight is 441 g/mol. The van der Waals surface area contributed by atoms with Gasteiger partial charge in [0.15, 0.2) is 22.5 Å². The van der Waals surface area contributed by atoms with E-state index in [1.807, 2.05) is 60.0 Å². The van der Waals surface area contributed by atoms with Gasteiger partial charge < -0.3 is 19.5 Å². The Kier molecular flexibility index (Phi) is 6.73. The van der Waals surface area contributed by atoms with Gasteiger partial charge in [0, 0.05) is 18.7 Å². The van der Waals surface area contributed by atoms with Crippen molar-refractivity contribution in [2.24, 2.45) is 0 Å². The molecule has 1 amide bonds. The van der Waals surface area contributed by atoms with Gasteiger partial charge in [-0.1, -0.05) is 48.2 Å². The van der Waals surface area contributed by atoms with E-state index < -0.39 is 0 Å². The molecule has 0 aliphatic carbocycles. The zero-order valence-electron chi connectivity index (χ0n) is 17.4. The maximum Gasteiger partial charge on any atom is 0.231 e. The highest BCUT2D eigenvalue weighted by molar-refractivity contribution is 7.99. The topological polar surface area (TPSA) is 87.5 Å². The molecule has 1 aliphatic heterocycles. The number of aromatic nitrogens is 3. The number of carbonyl (C=O) groups is 1. The van der Waals surface area contributed by atoms with Crippen LogP contribution in [0.15, 0.2) is 53.7 Å². The molecule has 4 rings (SSSR count). The monoisotopic (exact) mass is 440 g/mol. The highest BCUT2D eigenvalue weighted by atomic mass is 32.2. The first-order valence-electron chi connectivity index (χ1n) is 9.92. The zero-order valence-corrected chi connectivity index (χ0v) is 18.2. The molecule has 2 aromatic carbocycles. The van der Waals surface area contributed by atoms with Gasteiger partial charge in [0.2, 0.25) is 12.7 Å². The van der Waals surface area contributed by atoms with Crippen LogP contribution in [-0.4, -0.2) is 53.0 Å². The van der Waals surface area contributed by atoms with E-state index in [1.54, 1.807) is 7.11 Å². The first kappa shape index (κ1) is 21.2. The molecular weight excluding hydrogens is 416 g/mol. The number of amides is 1. The van der Waals surface area contributed by atoms with Crippen molar-refractivity contribution in [2.45, 2.75) is 24.7 Å². The number of rotatable bonds is 9. The SMILES string of the molecule is COC[C@@H](C)NC(=O)CSc1nnc(-c2ccccc2)n1Cc1ccc2c(c1)OCO2. The molecule has 8 nitrogen and oxygen atoms in total. The number of hydrogen-bond donors (Lipinski definition) is 1.